The van der Waals surface area contributed by atoms with E-state index in [1.165, 1.54) is 0 Å². The zero-order valence-corrected chi connectivity index (χ0v) is 22.4. The molecule has 0 amide bonds. The van der Waals surface area contributed by atoms with Gasteiger partial charge >= 0.3 is 6.01 Å². The van der Waals surface area contributed by atoms with Crippen LogP contribution < -0.4 is 15.0 Å². The second kappa shape index (κ2) is 10.8. The highest BCUT2D eigenvalue weighted by molar-refractivity contribution is 5.99. The van der Waals surface area contributed by atoms with Crippen molar-refractivity contribution in [3.63, 3.8) is 0 Å². The summed E-state index contributed by atoms with van der Waals surface area (Å²) in [7, 11) is 0. The Balaban J connectivity index is 1.26. The lowest BCUT2D eigenvalue weighted by Gasteiger charge is -2.34. The van der Waals surface area contributed by atoms with E-state index < -0.39 is 5.82 Å². The third-order valence-electron chi connectivity index (χ3n) is 8.21. The minimum Gasteiger partial charge on any atom is -0.508 e. The molecule has 9 nitrogen and oxygen atoms in total. The third-order valence-corrected chi connectivity index (χ3v) is 8.21. The van der Waals surface area contributed by atoms with Crippen LogP contribution in [0.2, 0.25) is 0 Å². The second-order valence-corrected chi connectivity index (χ2v) is 10.9. The number of nitrogens with one attached hydrogen (secondary N) is 1. The molecule has 0 aliphatic carbocycles. The molecule has 3 aliphatic rings. The minimum atomic E-state index is -0.548. The molecule has 0 saturated carbocycles. The zero-order valence-electron chi connectivity index (χ0n) is 22.4. The highest BCUT2D eigenvalue weighted by Gasteiger charge is 2.34. The number of aromatic hydroxyl groups is 1. The van der Waals surface area contributed by atoms with Gasteiger partial charge in [-0.1, -0.05) is 24.3 Å². The molecule has 208 valence electrons. The number of fused-ring (bicyclic) bond motifs is 4. The van der Waals surface area contributed by atoms with E-state index in [1.807, 2.05) is 24.3 Å². The molecule has 2 bridgehead atoms. The number of anilines is 1. The number of nitrogens with zero attached hydrogens (tertiary/aromatic N) is 5. The maximum Gasteiger partial charge on any atom is 0.319 e. The van der Waals surface area contributed by atoms with E-state index in [4.69, 9.17) is 14.5 Å². The van der Waals surface area contributed by atoms with Crippen LogP contribution in [0.5, 0.6) is 11.8 Å². The Morgan fingerprint density at radius 3 is 2.67 bits per heavy atom. The summed E-state index contributed by atoms with van der Waals surface area (Å²) in [4.78, 5) is 18.5. The monoisotopic (exact) mass is 544 g/mol. The van der Waals surface area contributed by atoms with Gasteiger partial charge in [0.1, 0.15) is 22.8 Å². The molecular weight excluding hydrogens is 511 g/mol. The van der Waals surface area contributed by atoms with Crippen molar-refractivity contribution in [2.75, 3.05) is 57.4 Å². The topological polar surface area (TPSA) is 95.9 Å². The number of benzene rings is 2. The highest BCUT2D eigenvalue weighted by Crippen LogP contribution is 2.37. The Kier molecular flexibility index (Phi) is 6.82. The Labute approximate surface area is 231 Å². The Hall–Kier alpha value is -3.60. The van der Waals surface area contributed by atoms with Gasteiger partial charge in [0.05, 0.1) is 25.2 Å². The number of pyridine rings is 1. The van der Waals surface area contributed by atoms with Crippen LogP contribution in [0, 0.1) is 5.82 Å². The lowest BCUT2D eigenvalue weighted by Crippen LogP contribution is -2.51. The lowest BCUT2D eigenvalue weighted by molar-refractivity contribution is 0.0356. The Bertz CT molecular complexity index is 1530. The van der Waals surface area contributed by atoms with Crippen LogP contribution in [-0.4, -0.2) is 89.6 Å². The van der Waals surface area contributed by atoms with Crippen molar-refractivity contribution in [3.05, 3.63) is 48.4 Å². The number of hydrogen-bond acceptors (Lipinski definition) is 9. The number of phenolic OH excluding ortho intramolecular Hbond substituents is 1. The van der Waals surface area contributed by atoms with Crippen molar-refractivity contribution in [1.82, 2.24) is 25.2 Å². The van der Waals surface area contributed by atoms with Crippen molar-refractivity contribution < 1.29 is 19.0 Å². The largest absolute Gasteiger partial charge is 0.508 e. The molecule has 3 aliphatic heterocycles. The maximum atomic E-state index is 16.4. The zero-order chi connectivity index (χ0) is 27.1. The van der Waals surface area contributed by atoms with Gasteiger partial charge in [-0.15, -0.1) is 0 Å². The first-order valence-corrected chi connectivity index (χ1v) is 14.1. The van der Waals surface area contributed by atoms with Gasteiger partial charge in [0, 0.05) is 56.6 Å². The lowest BCUT2D eigenvalue weighted by atomic mass is 10.0. The normalized spacial score (nSPS) is 21.4. The van der Waals surface area contributed by atoms with E-state index in [-0.39, 0.29) is 23.0 Å². The van der Waals surface area contributed by atoms with Crippen molar-refractivity contribution >= 4 is 27.5 Å². The summed E-state index contributed by atoms with van der Waals surface area (Å²) in [6, 6.07) is 11.7. The van der Waals surface area contributed by atoms with E-state index in [2.05, 4.69) is 25.1 Å². The second-order valence-electron chi connectivity index (χ2n) is 10.9. The summed E-state index contributed by atoms with van der Waals surface area (Å²) in [5.41, 5.74) is 0.836. The average molecular weight is 545 g/mol. The van der Waals surface area contributed by atoms with Gasteiger partial charge in [0.25, 0.3) is 0 Å². The molecule has 40 heavy (non-hydrogen) atoms. The van der Waals surface area contributed by atoms with Crippen molar-refractivity contribution in [1.29, 1.82) is 0 Å². The van der Waals surface area contributed by atoms with Crippen LogP contribution in [0.1, 0.15) is 19.3 Å². The molecular formula is C30H33FN6O3. The van der Waals surface area contributed by atoms with Gasteiger partial charge in [-0.2, -0.15) is 9.97 Å². The predicted molar refractivity (Wildman–Crippen MR) is 151 cm³/mol. The fourth-order valence-corrected chi connectivity index (χ4v) is 6.25. The van der Waals surface area contributed by atoms with Crippen molar-refractivity contribution in [2.45, 2.75) is 31.3 Å². The molecule has 0 spiro atoms. The molecule has 2 aromatic heterocycles. The summed E-state index contributed by atoms with van der Waals surface area (Å²) in [6.45, 7) is 6.28. The fraction of sp³-hybridized carbons (Fsp3) is 0.433. The van der Waals surface area contributed by atoms with Gasteiger partial charge in [-0.25, -0.2) is 4.39 Å². The van der Waals surface area contributed by atoms with Gasteiger partial charge < -0.3 is 24.8 Å². The summed E-state index contributed by atoms with van der Waals surface area (Å²) in [6.07, 6.45) is 4.72. The van der Waals surface area contributed by atoms with Crippen LogP contribution in [0.15, 0.2) is 42.6 Å². The molecule has 2 atom stereocenters. The van der Waals surface area contributed by atoms with Gasteiger partial charge in [-0.05, 0) is 42.2 Å². The van der Waals surface area contributed by atoms with Crippen LogP contribution >= 0.6 is 0 Å². The van der Waals surface area contributed by atoms with Gasteiger partial charge in [0.15, 0.2) is 5.82 Å². The summed E-state index contributed by atoms with van der Waals surface area (Å²) < 4.78 is 27.9. The smallest absolute Gasteiger partial charge is 0.319 e. The van der Waals surface area contributed by atoms with E-state index in [0.717, 1.165) is 76.0 Å². The Morgan fingerprint density at radius 1 is 1.05 bits per heavy atom. The molecule has 0 unspecified atom stereocenters. The van der Waals surface area contributed by atoms with E-state index >= 15 is 4.39 Å². The number of aromatic nitrogens is 3. The van der Waals surface area contributed by atoms with Gasteiger partial charge in [-0.3, -0.25) is 9.88 Å². The quantitative estimate of drug-likeness (QED) is 0.338. The number of ether oxygens (including phenoxy) is 2. The molecule has 3 fully saturated rings. The van der Waals surface area contributed by atoms with Gasteiger partial charge in [0.2, 0.25) is 0 Å². The molecule has 2 N–H and O–H groups in total. The first-order chi connectivity index (χ1) is 19.6. The molecule has 5 heterocycles. The number of phenols is 1. The van der Waals surface area contributed by atoms with Crippen LogP contribution in [0.3, 0.4) is 0 Å². The highest BCUT2D eigenvalue weighted by atomic mass is 19.1. The first-order valence-electron chi connectivity index (χ1n) is 14.1. The van der Waals surface area contributed by atoms with E-state index in [1.54, 1.807) is 18.3 Å². The standard InChI is InChI=1S/C30H33FN6O3/c31-26-27(24-15-22(38)14-19-4-1-2-5-23(19)24)32-16-25-28(26)34-30(40-11-3-8-36-9-12-39-13-10-36)35-29(25)37-17-20-6-7-21(18-37)33-20/h1-2,4-5,14-16,20-21,33,38H,3,6-13,17-18H2/t20-,21+. The number of piperazine rings is 1. The fourth-order valence-electron chi connectivity index (χ4n) is 6.25. The maximum absolute atomic E-state index is 16.4. The van der Waals surface area contributed by atoms with Crippen molar-refractivity contribution in [2.24, 2.45) is 0 Å². The Morgan fingerprint density at radius 2 is 1.85 bits per heavy atom. The third kappa shape index (κ3) is 4.91. The molecule has 10 heteroatoms. The van der Waals surface area contributed by atoms with Crippen LogP contribution in [0.25, 0.3) is 32.9 Å². The average Bonchev–Trinajstić information content (AvgIpc) is 3.32. The molecule has 0 radical (unpaired) electrons. The molecule has 7 rings (SSSR count). The SMILES string of the molecule is Oc1cc(-c2ncc3c(N4C[C@H]5CC[C@@H](C4)N5)nc(OCCCN4CCOCC4)nc3c2F)c2ccccc2c1. The summed E-state index contributed by atoms with van der Waals surface area (Å²) >= 11 is 0. The van der Waals surface area contributed by atoms with E-state index in [9.17, 15) is 5.11 Å². The number of morpholine rings is 1. The van der Waals surface area contributed by atoms with Crippen molar-refractivity contribution in [3.8, 4) is 23.0 Å². The number of rotatable bonds is 7. The van der Waals surface area contributed by atoms with Crippen LogP contribution in [0.4, 0.5) is 10.2 Å². The molecule has 3 saturated heterocycles. The first kappa shape index (κ1) is 25.4. The number of hydrogen-bond donors (Lipinski definition) is 2. The minimum absolute atomic E-state index is 0.0546. The molecule has 2 aromatic carbocycles. The summed E-state index contributed by atoms with van der Waals surface area (Å²) in [5.74, 6) is 0.164. The van der Waals surface area contributed by atoms with Crippen LogP contribution in [-0.2, 0) is 4.74 Å². The predicted octanol–water partition coefficient (Wildman–Crippen LogP) is 3.73. The molecule has 4 aromatic rings. The number of halogens is 1. The summed E-state index contributed by atoms with van der Waals surface area (Å²) in [5, 5.41) is 16.2. The van der Waals surface area contributed by atoms with E-state index in [0.29, 0.717) is 35.5 Å².